The van der Waals surface area contributed by atoms with E-state index in [-0.39, 0.29) is 30.8 Å². The molecular formula is C13H22N2O4. The van der Waals surface area contributed by atoms with Crippen LogP contribution in [0.15, 0.2) is 0 Å². The lowest BCUT2D eigenvalue weighted by Gasteiger charge is -2.28. The van der Waals surface area contributed by atoms with E-state index in [1.54, 1.807) is 0 Å². The average molecular weight is 270 g/mol. The fourth-order valence-corrected chi connectivity index (χ4v) is 3.15. The maximum absolute atomic E-state index is 12.5. The molecule has 1 heterocycles. The number of aliphatic hydroxyl groups is 1. The number of carboxylic acids is 1. The van der Waals surface area contributed by atoms with Crippen molar-refractivity contribution in [2.45, 2.75) is 56.7 Å². The number of carbonyl (C=O) groups is 2. The van der Waals surface area contributed by atoms with Crippen molar-refractivity contribution in [2.24, 2.45) is 11.7 Å². The topological polar surface area (TPSA) is 104 Å². The number of nitrogens with two attached hydrogens (primary N) is 1. The van der Waals surface area contributed by atoms with Gasteiger partial charge >= 0.3 is 5.97 Å². The van der Waals surface area contributed by atoms with Gasteiger partial charge in [0, 0.05) is 19.0 Å². The highest BCUT2D eigenvalue weighted by atomic mass is 16.4. The number of likely N-dealkylation sites (tertiary alicyclic amines) is 1. The molecule has 1 saturated carbocycles. The van der Waals surface area contributed by atoms with Crippen molar-refractivity contribution in [1.82, 2.24) is 4.90 Å². The van der Waals surface area contributed by atoms with Crippen LogP contribution in [0.1, 0.15) is 38.5 Å². The van der Waals surface area contributed by atoms with Gasteiger partial charge in [0.25, 0.3) is 0 Å². The fraction of sp³-hybridized carbons (Fsp3) is 0.846. The number of aliphatic hydroxyl groups excluding tert-OH is 1. The molecule has 108 valence electrons. The lowest BCUT2D eigenvalue weighted by molar-refractivity contribution is -0.150. The summed E-state index contributed by atoms with van der Waals surface area (Å²) >= 11 is 0. The molecule has 0 bridgehead atoms. The zero-order valence-corrected chi connectivity index (χ0v) is 11.0. The van der Waals surface area contributed by atoms with Crippen molar-refractivity contribution in [1.29, 1.82) is 0 Å². The van der Waals surface area contributed by atoms with Gasteiger partial charge in [0.2, 0.25) is 5.91 Å². The Morgan fingerprint density at radius 1 is 1.16 bits per heavy atom. The van der Waals surface area contributed by atoms with Gasteiger partial charge in [-0.05, 0) is 12.8 Å². The zero-order chi connectivity index (χ0) is 14.0. The van der Waals surface area contributed by atoms with Gasteiger partial charge in [0.15, 0.2) is 0 Å². The summed E-state index contributed by atoms with van der Waals surface area (Å²) in [5.74, 6) is -1.54. The van der Waals surface area contributed by atoms with Crippen LogP contribution < -0.4 is 5.73 Å². The van der Waals surface area contributed by atoms with Crippen molar-refractivity contribution >= 4 is 11.9 Å². The van der Waals surface area contributed by atoms with Crippen LogP contribution in [0.2, 0.25) is 0 Å². The summed E-state index contributed by atoms with van der Waals surface area (Å²) in [6.45, 7) is 0.110. The molecule has 19 heavy (non-hydrogen) atoms. The van der Waals surface area contributed by atoms with Crippen LogP contribution in [0.5, 0.6) is 0 Å². The zero-order valence-electron chi connectivity index (χ0n) is 11.0. The van der Waals surface area contributed by atoms with Gasteiger partial charge < -0.3 is 20.8 Å². The third-order valence-electron chi connectivity index (χ3n) is 4.23. The van der Waals surface area contributed by atoms with Crippen LogP contribution in [-0.4, -0.2) is 51.7 Å². The van der Waals surface area contributed by atoms with Crippen molar-refractivity contribution in [3.05, 3.63) is 0 Å². The lowest BCUT2D eigenvalue weighted by Crippen LogP contribution is -2.48. The Hall–Kier alpha value is -1.14. The molecule has 6 heteroatoms. The molecule has 4 atom stereocenters. The number of hydrogen-bond acceptors (Lipinski definition) is 4. The normalized spacial score (nSPS) is 36.0. The first-order chi connectivity index (χ1) is 9.00. The van der Waals surface area contributed by atoms with Gasteiger partial charge in [-0.25, -0.2) is 4.79 Å². The Morgan fingerprint density at radius 3 is 2.53 bits per heavy atom. The van der Waals surface area contributed by atoms with E-state index in [0.29, 0.717) is 0 Å². The van der Waals surface area contributed by atoms with Gasteiger partial charge in [-0.3, -0.25) is 4.79 Å². The summed E-state index contributed by atoms with van der Waals surface area (Å²) in [4.78, 5) is 25.0. The molecule has 2 aliphatic rings. The number of aliphatic carboxylic acids is 1. The Bertz CT molecular complexity index is 361. The molecule has 2 rings (SSSR count). The van der Waals surface area contributed by atoms with Crippen LogP contribution in [0.4, 0.5) is 0 Å². The minimum atomic E-state index is -1.05. The maximum atomic E-state index is 12.5. The third kappa shape index (κ3) is 3.06. The van der Waals surface area contributed by atoms with E-state index in [4.69, 9.17) is 10.8 Å². The highest BCUT2D eigenvalue weighted by molar-refractivity contribution is 5.86. The summed E-state index contributed by atoms with van der Waals surface area (Å²) in [5, 5.41) is 18.7. The molecule has 1 saturated heterocycles. The van der Waals surface area contributed by atoms with E-state index in [9.17, 15) is 14.7 Å². The molecule has 0 spiro atoms. The van der Waals surface area contributed by atoms with Crippen molar-refractivity contribution in [3.63, 3.8) is 0 Å². The first-order valence-corrected chi connectivity index (χ1v) is 6.97. The SMILES string of the molecule is NC1CCCCCC1C(=O)N1C[C@H](O)C[C@@H]1C(=O)O. The van der Waals surface area contributed by atoms with Crippen LogP contribution in [0, 0.1) is 5.92 Å². The second kappa shape index (κ2) is 5.88. The summed E-state index contributed by atoms with van der Waals surface area (Å²) < 4.78 is 0. The number of β-amino-alcohol motifs (C(OH)–C–C–N with tert-alkyl or cyclic N) is 1. The Labute approximate surface area is 112 Å². The van der Waals surface area contributed by atoms with E-state index >= 15 is 0 Å². The van der Waals surface area contributed by atoms with Gasteiger partial charge in [0.1, 0.15) is 6.04 Å². The average Bonchev–Trinajstić information content (AvgIpc) is 2.62. The molecular weight excluding hydrogens is 248 g/mol. The van der Waals surface area contributed by atoms with Crippen LogP contribution >= 0.6 is 0 Å². The smallest absolute Gasteiger partial charge is 0.326 e. The first kappa shape index (κ1) is 14.3. The number of rotatable bonds is 2. The largest absolute Gasteiger partial charge is 0.480 e. The summed E-state index contributed by atoms with van der Waals surface area (Å²) in [5.41, 5.74) is 6.05. The van der Waals surface area contributed by atoms with Gasteiger partial charge in [-0.2, -0.15) is 0 Å². The van der Waals surface area contributed by atoms with E-state index in [2.05, 4.69) is 0 Å². The minimum absolute atomic E-state index is 0.110. The molecule has 0 aromatic carbocycles. The predicted molar refractivity (Wildman–Crippen MR) is 68.3 cm³/mol. The van der Waals surface area contributed by atoms with Crippen LogP contribution in [-0.2, 0) is 9.59 Å². The number of nitrogens with zero attached hydrogens (tertiary/aromatic N) is 1. The third-order valence-corrected chi connectivity index (χ3v) is 4.23. The van der Waals surface area contributed by atoms with E-state index in [1.807, 2.05) is 0 Å². The maximum Gasteiger partial charge on any atom is 0.326 e. The van der Waals surface area contributed by atoms with E-state index in [0.717, 1.165) is 32.1 Å². The summed E-state index contributed by atoms with van der Waals surface area (Å²) in [6, 6.07) is -1.10. The van der Waals surface area contributed by atoms with Crippen LogP contribution in [0.25, 0.3) is 0 Å². The number of hydrogen-bond donors (Lipinski definition) is 3. The standard InChI is InChI=1S/C13H22N2O4/c14-10-5-3-1-2-4-9(10)12(17)15-7-8(16)6-11(15)13(18)19/h8-11,16H,1-7,14H2,(H,18,19)/t8-,9?,10?,11-/m1/s1. The van der Waals surface area contributed by atoms with E-state index < -0.39 is 18.1 Å². The second-order valence-corrected chi connectivity index (χ2v) is 5.64. The molecule has 6 nitrogen and oxygen atoms in total. The minimum Gasteiger partial charge on any atom is -0.480 e. The van der Waals surface area contributed by atoms with Crippen LogP contribution in [0.3, 0.4) is 0 Å². The Kier molecular flexibility index (Phi) is 4.42. The Morgan fingerprint density at radius 2 is 1.84 bits per heavy atom. The van der Waals surface area contributed by atoms with Crippen molar-refractivity contribution in [2.75, 3.05) is 6.54 Å². The summed E-state index contributed by atoms with van der Waals surface area (Å²) in [6.07, 6.45) is 3.95. The van der Waals surface area contributed by atoms with Crippen molar-refractivity contribution in [3.8, 4) is 0 Å². The number of amides is 1. The molecule has 1 aliphatic carbocycles. The number of carboxylic acid groups (broad SMARTS) is 1. The molecule has 2 unspecified atom stereocenters. The molecule has 0 aromatic heterocycles. The van der Waals surface area contributed by atoms with Crippen molar-refractivity contribution < 1.29 is 19.8 Å². The molecule has 4 N–H and O–H groups in total. The fourth-order valence-electron chi connectivity index (χ4n) is 3.15. The molecule has 1 aliphatic heterocycles. The van der Waals surface area contributed by atoms with Gasteiger partial charge in [-0.1, -0.05) is 19.3 Å². The Balaban J connectivity index is 2.10. The summed E-state index contributed by atoms with van der Waals surface area (Å²) in [7, 11) is 0. The lowest BCUT2D eigenvalue weighted by atomic mass is 9.93. The highest BCUT2D eigenvalue weighted by Gasteiger charge is 2.42. The van der Waals surface area contributed by atoms with Gasteiger partial charge in [-0.15, -0.1) is 0 Å². The van der Waals surface area contributed by atoms with Gasteiger partial charge in [0.05, 0.1) is 12.0 Å². The predicted octanol–water partition coefficient (Wildman–Crippen LogP) is -0.0596. The monoisotopic (exact) mass is 270 g/mol. The molecule has 2 fully saturated rings. The van der Waals surface area contributed by atoms with E-state index in [1.165, 1.54) is 4.90 Å². The number of carbonyl (C=O) groups excluding carboxylic acids is 1. The second-order valence-electron chi connectivity index (χ2n) is 5.64. The quantitative estimate of drug-likeness (QED) is 0.610. The first-order valence-electron chi connectivity index (χ1n) is 6.97. The molecule has 1 amide bonds. The highest BCUT2D eigenvalue weighted by Crippen LogP contribution is 2.27. The molecule has 0 aromatic rings. The molecule has 0 radical (unpaired) electrons.